The first-order valence-corrected chi connectivity index (χ1v) is 8.35. The van der Waals surface area contributed by atoms with Crippen molar-refractivity contribution in [2.45, 2.75) is 26.7 Å². The minimum atomic E-state index is -0.270. The molecule has 1 amide bonds. The maximum Gasteiger partial charge on any atom is 0.262 e. The Bertz CT molecular complexity index is 710. The number of nitrogens with one attached hydrogen (secondary N) is 1. The summed E-state index contributed by atoms with van der Waals surface area (Å²) in [7, 11) is 0. The highest BCUT2D eigenvalue weighted by Crippen LogP contribution is 2.19. The Morgan fingerprint density at radius 2 is 1.68 bits per heavy atom. The Morgan fingerprint density at radius 3 is 2.32 bits per heavy atom. The van der Waals surface area contributed by atoms with Gasteiger partial charge in [-0.25, -0.2) is 0 Å². The van der Waals surface area contributed by atoms with Crippen LogP contribution in [0.15, 0.2) is 48.5 Å². The van der Waals surface area contributed by atoms with Crippen LogP contribution in [0.2, 0.25) is 0 Å². The van der Waals surface area contributed by atoms with E-state index in [9.17, 15) is 9.59 Å². The number of carbonyl (C=O) groups excluding carboxylic acids is 2. The lowest BCUT2D eigenvalue weighted by Crippen LogP contribution is -2.20. The van der Waals surface area contributed by atoms with E-state index in [2.05, 4.69) is 12.2 Å². The van der Waals surface area contributed by atoms with Crippen molar-refractivity contribution in [3.05, 3.63) is 54.1 Å². The number of hydrogen-bond donors (Lipinski definition) is 1. The highest BCUT2D eigenvalue weighted by Gasteiger charge is 2.06. The molecule has 0 saturated heterocycles. The lowest BCUT2D eigenvalue weighted by Gasteiger charge is -2.10. The molecular formula is C20H23NO4. The summed E-state index contributed by atoms with van der Waals surface area (Å²) in [6, 6.07) is 14.0. The van der Waals surface area contributed by atoms with Crippen LogP contribution in [0.4, 0.5) is 5.69 Å². The number of carbonyl (C=O) groups is 2. The molecule has 2 rings (SSSR count). The summed E-state index contributed by atoms with van der Waals surface area (Å²) in [6.07, 6.45) is 2.07. The monoisotopic (exact) mass is 341 g/mol. The van der Waals surface area contributed by atoms with Gasteiger partial charge in [0.1, 0.15) is 11.5 Å². The van der Waals surface area contributed by atoms with E-state index in [1.165, 1.54) is 6.92 Å². The lowest BCUT2D eigenvalue weighted by molar-refractivity contribution is -0.118. The van der Waals surface area contributed by atoms with E-state index >= 15 is 0 Å². The van der Waals surface area contributed by atoms with E-state index in [-0.39, 0.29) is 18.3 Å². The van der Waals surface area contributed by atoms with Crippen molar-refractivity contribution in [3.63, 3.8) is 0 Å². The number of ketones is 1. The normalized spacial score (nSPS) is 10.2. The second kappa shape index (κ2) is 9.47. The van der Waals surface area contributed by atoms with Gasteiger partial charge in [0.2, 0.25) is 0 Å². The number of benzene rings is 2. The fourth-order valence-electron chi connectivity index (χ4n) is 2.12. The van der Waals surface area contributed by atoms with Crippen LogP contribution in [-0.2, 0) is 4.79 Å². The van der Waals surface area contributed by atoms with E-state index < -0.39 is 0 Å². The molecule has 0 bridgehead atoms. The molecule has 0 spiro atoms. The average Bonchev–Trinajstić information content (AvgIpc) is 2.61. The van der Waals surface area contributed by atoms with Gasteiger partial charge in [0.25, 0.3) is 5.91 Å². The average molecular weight is 341 g/mol. The van der Waals surface area contributed by atoms with E-state index in [4.69, 9.17) is 9.47 Å². The molecule has 0 aromatic heterocycles. The van der Waals surface area contributed by atoms with Crippen LogP contribution in [0.1, 0.15) is 37.0 Å². The SMILES string of the molecule is CCCCOc1cccc(OCC(=O)Nc2ccc(C(C)=O)cc2)c1. The Kier molecular flexibility index (Phi) is 7.01. The molecule has 2 aromatic rings. The van der Waals surface area contributed by atoms with Crippen molar-refractivity contribution < 1.29 is 19.1 Å². The highest BCUT2D eigenvalue weighted by atomic mass is 16.5. The number of amides is 1. The van der Waals surface area contributed by atoms with Gasteiger partial charge in [-0.1, -0.05) is 19.4 Å². The molecule has 0 radical (unpaired) electrons. The molecular weight excluding hydrogens is 318 g/mol. The van der Waals surface area contributed by atoms with Crippen LogP contribution in [0, 0.1) is 0 Å². The Balaban J connectivity index is 1.83. The Morgan fingerprint density at radius 1 is 1.00 bits per heavy atom. The fraction of sp³-hybridized carbons (Fsp3) is 0.300. The van der Waals surface area contributed by atoms with Crippen molar-refractivity contribution >= 4 is 17.4 Å². The smallest absolute Gasteiger partial charge is 0.262 e. The number of anilines is 1. The van der Waals surface area contributed by atoms with Gasteiger partial charge in [0.15, 0.2) is 12.4 Å². The predicted molar refractivity (Wildman–Crippen MR) is 97.4 cm³/mol. The molecule has 5 heteroatoms. The third-order valence-electron chi connectivity index (χ3n) is 3.52. The molecule has 1 N–H and O–H groups in total. The first kappa shape index (κ1) is 18.5. The van der Waals surface area contributed by atoms with Gasteiger partial charge >= 0.3 is 0 Å². The van der Waals surface area contributed by atoms with Crippen molar-refractivity contribution in [1.82, 2.24) is 0 Å². The zero-order valence-electron chi connectivity index (χ0n) is 14.6. The minimum Gasteiger partial charge on any atom is -0.493 e. The molecule has 0 aliphatic carbocycles. The van der Waals surface area contributed by atoms with Crippen LogP contribution in [0.3, 0.4) is 0 Å². The largest absolute Gasteiger partial charge is 0.493 e. The zero-order chi connectivity index (χ0) is 18.1. The third-order valence-corrected chi connectivity index (χ3v) is 3.52. The second-order valence-electron chi connectivity index (χ2n) is 5.65. The quantitative estimate of drug-likeness (QED) is 0.551. The topological polar surface area (TPSA) is 64.6 Å². The van der Waals surface area contributed by atoms with E-state index in [0.717, 1.165) is 18.6 Å². The van der Waals surface area contributed by atoms with Gasteiger partial charge in [-0.2, -0.15) is 0 Å². The van der Waals surface area contributed by atoms with Gasteiger partial charge in [-0.05, 0) is 49.7 Å². The van der Waals surface area contributed by atoms with E-state index in [0.29, 0.717) is 23.6 Å². The van der Waals surface area contributed by atoms with Gasteiger partial charge in [0.05, 0.1) is 6.61 Å². The number of rotatable bonds is 9. The highest BCUT2D eigenvalue weighted by molar-refractivity contribution is 5.95. The van der Waals surface area contributed by atoms with Gasteiger partial charge in [-0.15, -0.1) is 0 Å². The molecule has 25 heavy (non-hydrogen) atoms. The summed E-state index contributed by atoms with van der Waals surface area (Å²) < 4.78 is 11.1. The second-order valence-corrected chi connectivity index (χ2v) is 5.65. The van der Waals surface area contributed by atoms with E-state index in [1.54, 1.807) is 36.4 Å². The number of ether oxygens (including phenoxy) is 2. The van der Waals surface area contributed by atoms with Crippen LogP contribution >= 0.6 is 0 Å². The molecule has 0 aliphatic heterocycles. The number of unbranched alkanes of at least 4 members (excludes halogenated alkanes) is 1. The standard InChI is InChI=1S/C20H23NO4/c1-3-4-12-24-18-6-5-7-19(13-18)25-14-20(23)21-17-10-8-16(9-11-17)15(2)22/h5-11,13H,3-4,12,14H2,1-2H3,(H,21,23). The maximum absolute atomic E-state index is 12.0. The summed E-state index contributed by atoms with van der Waals surface area (Å²) in [5.74, 6) is 1.03. The summed E-state index contributed by atoms with van der Waals surface area (Å²) in [6.45, 7) is 4.17. The van der Waals surface area contributed by atoms with Gasteiger partial charge < -0.3 is 14.8 Å². The van der Waals surface area contributed by atoms with Crippen molar-refractivity contribution in [1.29, 1.82) is 0 Å². The molecule has 5 nitrogen and oxygen atoms in total. The molecule has 0 unspecified atom stereocenters. The zero-order valence-corrected chi connectivity index (χ0v) is 14.6. The molecule has 0 fully saturated rings. The number of Topliss-reactive ketones (excluding diaryl/α,β-unsaturated/α-hetero) is 1. The summed E-state index contributed by atoms with van der Waals surface area (Å²) >= 11 is 0. The first-order valence-electron chi connectivity index (χ1n) is 8.35. The van der Waals surface area contributed by atoms with Crippen molar-refractivity contribution in [3.8, 4) is 11.5 Å². The summed E-state index contributed by atoms with van der Waals surface area (Å²) in [5, 5.41) is 2.73. The van der Waals surface area contributed by atoms with Gasteiger partial charge in [0, 0.05) is 17.3 Å². The van der Waals surface area contributed by atoms with E-state index in [1.807, 2.05) is 12.1 Å². The fourth-order valence-corrected chi connectivity index (χ4v) is 2.12. The molecule has 0 heterocycles. The summed E-state index contributed by atoms with van der Waals surface area (Å²) in [4.78, 5) is 23.2. The van der Waals surface area contributed by atoms with Crippen LogP contribution in [-0.4, -0.2) is 24.9 Å². The maximum atomic E-state index is 12.0. The van der Waals surface area contributed by atoms with Crippen LogP contribution in [0.25, 0.3) is 0 Å². The first-order chi connectivity index (χ1) is 12.1. The molecule has 2 aromatic carbocycles. The molecule has 0 aliphatic rings. The van der Waals surface area contributed by atoms with Gasteiger partial charge in [-0.3, -0.25) is 9.59 Å². The van der Waals surface area contributed by atoms with Crippen molar-refractivity contribution in [2.75, 3.05) is 18.5 Å². The van der Waals surface area contributed by atoms with Crippen molar-refractivity contribution in [2.24, 2.45) is 0 Å². The Labute approximate surface area is 148 Å². The predicted octanol–water partition coefficient (Wildman–Crippen LogP) is 4.09. The summed E-state index contributed by atoms with van der Waals surface area (Å²) in [5.41, 5.74) is 1.23. The van der Waals surface area contributed by atoms with Crippen LogP contribution in [0.5, 0.6) is 11.5 Å². The Hall–Kier alpha value is -2.82. The van der Waals surface area contributed by atoms with Crippen LogP contribution < -0.4 is 14.8 Å². The molecule has 132 valence electrons. The third kappa shape index (κ3) is 6.30. The lowest BCUT2D eigenvalue weighted by atomic mass is 10.1. The minimum absolute atomic E-state index is 0.0118. The molecule has 0 atom stereocenters. The number of hydrogen-bond acceptors (Lipinski definition) is 4. The molecule has 0 saturated carbocycles.